The molecule has 1 rings (SSSR count). The highest BCUT2D eigenvalue weighted by Crippen LogP contribution is 2.28. The predicted molar refractivity (Wildman–Crippen MR) is 69.7 cm³/mol. The Kier molecular flexibility index (Phi) is 5.36. The van der Waals surface area contributed by atoms with Gasteiger partial charge in [-0.05, 0) is 18.2 Å². The van der Waals surface area contributed by atoms with Gasteiger partial charge in [0.2, 0.25) is 0 Å². The number of methoxy groups -OCH3 is 3. The van der Waals surface area contributed by atoms with Gasteiger partial charge in [-0.2, -0.15) is 0 Å². The van der Waals surface area contributed by atoms with Crippen molar-refractivity contribution >= 4 is 11.8 Å². The Bertz CT molecular complexity index is 467. The number of ketones is 1. The van der Waals surface area contributed by atoms with Gasteiger partial charge in [-0.15, -0.1) is 0 Å². The zero-order valence-corrected chi connectivity index (χ0v) is 11.6. The minimum absolute atomic E-state index is 0.0994. The second-order valence-corrected chi connectivity index (χ2v) is 4.12. The minimum atomic E-state index is -0.467. The largest absolute Gasteiger partial charge is 0.493 e. The fraction of sp³-hybridized carbons (Fsp3) is 0.429. The summed E-state index contributed by atoms with van der Waals surface area (Å²) in [6.07, 6.45) is 0.0994. The lowest BCUT2D eigenvalue weighted by Crippen LogP contribution is -2.17. The van der Waals surface area contributed by atoms with Crippen LogP contribution in [-0.2, 0) is 9.53 Å². The SMILES string of the molecule is COC(=O)C(C)CC(=O)c1ccc(OC)c(OC)c1. The van der Waals surface area contributed by atoms with Crippen molar-refractivity contribution in [3.63, 3.8) is 0 Å². The molecule has 1 aromatic carbocycles. The Hall–Kier alpha value is -2.04. The summed E-state index contributed by atoms with van der Waals surface area (Å²) >= 11 is 0. The van der Waals surface area contributed by atoms with Crippen molar-refractivity contribution in [1.82, 2.24) is 0 Å². The highest BCUT2D eigenvalue weighted by atomic mass is 16.5. The zero-order valence-electron chi connectivity index (χ0n) is 11.6. The van der Waals surface area contributed by atoms with Gasteiger partial charge in [0.15, 0.2) is 17.3 Å². The van der Waals surface area contributed by atoms with E-state index < -0.39 is 11.9 Å². The summed E-state index contributed by atoms with van der Waals surface area (Å²) in [6, 6.07) is 4.91. The topological polar surface area (TPSA) is 61.8 Å². The Balaban J connectivity index is 2.85. The molecule has 104 valence electrons. The van der Waals surface area contributed by atoms with Gasteiger partial charge >= 0.3 is 5.97 Å². The zero-order chi connectivity index (χ0) is 14.4. The van der Waals surface area contributed by atoms with Gasteiger partial charge in [0.05, 0.1) is 27.2 Å². The maximum absolute atomic E-state index is 12.0. The number of ether oxygens (including phenoxy) is 3. The fourth-order valence-electron chi connectivity index (χ4n) is 1.69. The number of rotatable bonds is 6. The Labute approximate surface area is 112 Å². The van der Waals surface area contributed by atoms with Crippen molar-refractivity contribution in [3.05, 3.63) is 23.8 Å². The normalized spacial score (nSPS) is 11.6. The molecule has 0 aliphatic rings. The van der Waals surface area contributed by atoms with Gasteiger partial charge in [-0.3, -0.25) is 9.59 Å². The van der Waals surface area contributed by atoms with Crippen molar-refractivity contribution in [2.75, 3.05) is 21.3 Å². The van der Waals surface area contributed by atoms with E-state index in [0.29, 0.717) is 17.1 Å². The van der Waals surface area contributed by atoms with Gasteiger partial charge in [-0.1, -0.05) is 6.92 Å². The smallest absolute Gasteiger partial charge is 0.308 e. The molecule has 1 aromatic rings. The average molecular weight is 266 g/mol. The summed E-state index contributed by atoms with van der Waals surface area (Å²) < 4.78 is 14.8. The molecule has 5 nitrogen and oxygen atoms in total. The van der Waals surface area contributed by atoms with E-state index in [-0.39, 0.29) is 12.2 Å². The van der Waals surface area contributed by atoms with Crippen LogP contribution in [0.25, 0.3) is 0 Å². The van der Waals surface area contributed by atoms with E-state index in [1.165, 1.54) is 21.3 Å². The van der Waals surface area contributed by atoms with Crippen LogP contribution in [0.4, 0.5) is 0 Å². The third-order valence-corrected chi connectivity index (χ3v) is 2.80. The third-order valence-electron chi connectivity index (χ3n) is 2.80. The number of hydrogen-bond donors (Lipinski definition) is 0. The minimum Gasteiger partial charge on any atom is -0.493 e. The third kappa shape index (κ3) is 3.71. The molecule has 0 N–H and O–H groups in total. The molecule has 0 fully saturated rings. The van der Waals surface area contributed by atoms with E-state index in [1.54, 1.807) is 25.1 Å². The molecule has 0 heterocycles. The molecular formula is C14H18O5. The number of Topliss-reactive ketones (excluding diaryl/α,β-unsaturated/α-hetero) is 1. The molecular weight excluding hydrogens is 248 g/mol. The lowest BCUT2D eigenvalue weighted by molar-refractivity contribution is -0.144. The molecule has 0 saturated carbocycles. The van der Waals surface area contributed by atoms with Crippen LogP contribution in [0.3, 0.4) is 0 Å². The summed E-state index contributed by atoms with van der Waals surface area (Å²) in [5.41, 5.74) is 0.480. The molecule has 0 aliphatic carbocycles. The molecule has 0 aromatic heterocycles. The molecule has 0 spiro atoms. The maximum Gasteiger partial charge on any atom is 0.308 e. The number of benzene rings is 1. The molecule has 0 bridgehead atoms. The lowest BCUT2D eigenvalue weighted by atomic mass is 9.99. The number of carbonyl (C=O) groups is 2. The standard InChI is InChI=1S/C14H18O5/c1-9(14(16)19-4)7-11(15)10-5-6-12(17-2)13(8-10)18-3/h5-6,8-9H,7H2,1-4H3. The van der Waals surface area contributed by atoms with E-state index in [2.05, 4.69) is 4.74 Å². The van der Waals surface area contributed by atoms with Gasteiger partial charge in [0.25, 0.3) is 0 Å². The van der Waals surface area contributed by atoms with Crippen molar-refractivity contribution in [2.24, 2.45) is 5.92 Å². The van der Waals surface area contributed by atoms with Gasteiger partial charge in [0.1, 0.15) is 0 Å². The molecule has 1 unspecified atom stereocenters. The van der Waals surface area contributed by atoms with Crippen molar-refractivity contribution in [1.29, 1.82) is 0 Å². The van der Waals surface area contributed by atoms with Gasteiger partial charge in [-0.25, -0.2) is 0 Å². The Morgan fingerprint density at radius 2 is 1.74 bits per heavy atom. The molecule has 0 amide bonds. The molecule has 0 saturated heterocycles. The van der Waals surface area contributed by atoms with Crippen LogP contribution in [0.1, 0.15) is 23.7 Å². The first kappa shape index (κ1) is 15.0. The monoisotopic (exact) mass is 266 g/mol. The number of hydrogen-bond acceptors (Lipinski definition) is 5. The van der Waals surface area contributed by atoms with Gasteiger partial charge < -0.3 is 14.2 Å². The van der Waals surface area contributed by atoms with E-state index in [9.17, 15) is 9.59 Å². The highest BCUT2D eigenvalue weighted by Gasteiger charge is 2.19. The molecule has 0 aliphatic heterocycles. The quantitative estimate of drug-likeness (QED) is 0.582. The van der Waals surface area contributed by atoms with Crippen LogP contribution < -0.4 is 9.47 Å². The Morgan fingerprint density at radius 1 is 1.11 bits per heavy atom. The maximum atomic E-state index is 12.0. The summed E-state index contributed by atoms with van der Waals surface area (Å²) in [5, 5.41) is 0. The first-order chi connectivity index (χ1) is 9.03. The van der Waals surface area contributed by atoms with Crippen LogP contribution in [0, 0.1) is 5.92 Å². The number of esters is 1. The summed E-state index contributed by atoms with van der Waals surface area (Å²) in [6.45, 7) is 1.66. The second kappa shape index (κ2) is 6.78. The average Bonchev–Trinajstić information content (AvgIpc) is 2.45. The second-order valence-electron chi connectivity index (χ2n) is 4.12. The fourth-order valence-corrected chi connectivity index (χ4v) is 1.69. The van der Waals surface area contributed by atoms with Gasteiger partial charge in [0, 0.05) is 12.0 Å². The van der Waals surface area contributed by atoms with Crippen LogP contribution >= 0.6 is 0 Å². The summed E-state index contributed by atoms with van der Waals surface area (Å²) in [5.74, 6) is 0.0393. The van der Waals surface area contributed by atoms with Crippen LogP contribution in [0.15, 0.2) is 18.2 Å². The van der Waals surface area contributed by atoms with Crippen LogP contribution in [0.5, 0.6) is 11.5 Å². The highest BCUT2D eigenvalue weighted by molar-refractivity contribution is 5.98. The van der Waals surface area contributed by atoms with E-state index >= 15 is 0 Å². The molecule has 0 radical (unpaired) electrons. The predicted octanol–water partition coefficient (Wildman–Crippen LogP) is 2.09. The van der Waals surface area contributed by atoms with Crippen LogP contribution in [-0.4, -0.2) is 33.1 Å². The summed E-state index contributed by atoms with van der Waals surface area (Å²) in [4.78, 5) is 23.3. The van der Waals surface area contributed by atoms with Crippen molar-refractivity contribution in [3.8, 4) is 11.5 Å². The molecule has 19 heavy (non-hydrogen) atoms. The lowest BCUT2D eigenvalue weighted by Gasteiger charge is -2.11. The van der Waals surface area contributed by atoms with Crippen molar-refractivity contribution < 1.29 is 23.8 Å². The van der Waals surface area contributed by atoms with Crippen LogP contribution in [0.2, 0.25) is 0 Å². The van der Waals surface area contributed by atoms with Crippen molar-refractivity contribution in [2.45, 2.75) is 13.3 Å². The van der Waals surface area contributed by atoms with E-state index in [4.69, 9.17) is 9.47 Å². The van der Waals surface area contributed by atoms with E-state index in [1.807, 2.05) is 0 Å². The first-order valence-electron chi connectivity index (χ1n) is 5.86. The van der Waals surface area contributed by atoms with E-state index in [0.717, 1.165) is 0 Å². The first-order valence-corrected chi connectivity index (χ1v) is 5.86. The summed E-state index contributed by atoms with van der Waals surface area (Å²) in [7, 11) is 4.33. The molecule has 5 heteroatoms. The Morgan fingerprint density at radius 3 is 2.26 bits per heavy atom. The molecule has 1 atom stereocenters. The number of carbonyl (C=O) groups excluding carboxylic acids is 2.